The maximum Gasteiger partial charge on any atom is 0.0407 e. The van der Waals surface area contributed by atoms with Crippen LogP contribution >= 0.6 is 11.8 Å². The Morgan fingerprint density at radius 2 is 2.40 bits per heavy atom. The molecule has 0 spiro atoms. The summed E-state index contributed by atoms with van der Waals surface area (Å²) in [4.78, 5) is 5.24. The van der Waals surface area contributed by atoms with Gasteiger partial charge in [-0.05, 0) is 36.4 Å². The van der Waals surface area contributed by atoms with Crippen molar-refractivity contribution in [3.05, 3.63) is 47.3 Å². The molecule has 0 radical (unpaired) electrons. The van der Waals surface area contributed by atoms with Crippen LogP contribution in [0.15, 0.2) is 36.0 Å². The molecule has 0 unspecified atom stereocenters. The molecule has 1 rings (SSSR count). The number of aromatic nitrogens is 1. The predicted molar refractivity (Wildman–Crippen MR) is 68.2 cm³/mol. The van der Waals surface area contributed by atoms with Crippen molar-refractivity contribution in [2.75, 3.05) is 0 Å². The summed E-state index contributed by atoms with van der Waals surface area (Å²) < 4.78 is 0. The van der Waals surface area contributed by atoms with Gasteiger partial charge in [-0.15, -0.1) is 0 Å². The molecule has 0 aliphatic heterocycles. The van der Waals surface area contributed by atoms with Crippen LogP contribution in [0, 0.1) is 0 Å². The standard InChI is InChI=1S/C12H16N2S/c1-4-12-7-11(5-6-14-12)10(3)15-8-9(2)13/h5-8H,3-4,13H2,1-2H3/b9-8-. The van der Waals surface area contributed by atoms with Gasteiger partial charge in [0.2, 0.25) is 0 Å². The van der Waals surface area contributed by atoms with Crippen molar-refractivity contribution in [1.29, 1.82) is 0 Å². The molecule has 1 aromatic rings. The van der Waals surface area contributed by atoms with Crippen molar-refractivity contribution in [1.82, 2.24) is 4.98 Å². The Labute approximate surface area is 95.3 Å². The first-order valence-electron chi connectivity index (χ1n) is 4.86. The van der Waals surface area contributed by atoms with Crippen LogP contribution < -0.4 is 5.73 Å². The number of aryl methyl sites for hydroxylation is 1. The van der Waals surface area contributed by atoms with Gasteiger partial charge in [-0.25, -0.2) is 0 Å². The molecule has 0 amide bonds. The number of rotatable bonds is 4. The van der Waals surface area contributed by atoms with Gasteiger partial charge in [0.15, 0.2) is 0 Å². The highest BCUT2D eigenvalue weighted by Crippen LogP contribution is 2.26. The van der Waals surface area contributed by atoms with E-state index in [-0.39, 0.29) is 0 Å². The Balaban J connectivity index is 2.77. The molecule has 1 heterocycles. The van der Waals surface area contributed by atoms with Crippen molar-refractivity contribution in [3.63, 3.8) is 0 Å². The summed E-state index contributed by atoms with van der Waals surface area (Å²) >= 11 is 1.55. The van der Waals surface area contributed by atoms with Crippen molar-refractivity contribution in [2.45, 2.75) is 20.3 Å². The maximum atomic E-state index is 5.56. The summed E-state index contributed by atoms with van der Waals surface area (Å²) in [5.41, 5.74) is 8.56. The number of thioether (sulfide) groups is 1. The van der Waals surface area contributed by atoms with Gasteiger partial charge in [-0.2, -0.15) is 0 Å². The Kier molecular flexibility index (Phi) is 4.43. The zero-order chi connectivity index (χ0) is 11.3. The number of pyridine rings is 1. The molecule has 3 heteroatoms. The molecule has 80 valence electrons. The van der Waals surface area contributed by atoms with E-state index < -0.39 is 0 Å². The molecule has 0 saturated carbocycles. The van der Waals surface area contributed by atoms with Gasteiger partial charge < -0.3 is 5.73 Å². The van der Waals surface area contributed by atoms with Crippen LogP contribution in [0.5, 0.6) is 0 Å². The Bertz CT molecular complexity index is 379. The SMILES string of the molecule is C=C(S/C=C(/C)N)c1ccnc(CC)c1. The Hall–Kier alpha value is -1.22. The minimum absolute atomic E-state index is 0.797. The smallest absolute Gasteiger partial charge is 0.0407 e. The topological polar surface area (TPSA) is 38.9 Å². The van der Waals surface area contributed by atoms with Crippen LogP contribution in [0.2, 0.25) is 0 Å². The molecule has 0 aromatic carbocycles. The van der Waals surface area contributed by atoms with Gasteiger partial charge in [-0.1, -0.05) is 25.3 Å². The highest BCUT2D eigenvalue weighted by atomic mass is 32.2. The lowest BCUT2D eigenvalue weighted by Gasteiger charge is -2.04. The summed E-state index contributed by atoms with van der Waals surface area (Å²) in [7, 11) is 0. The zero-order valence-corrected chi connectivity index (χ0v) is 9.97. The lowest BCUT2D eigenvalue weighted by atomic mass is 10.2. The van der Waals surface area contributed by atoms with Crippen LogP contribution in [-0.4, -0.2) is 4.98 Å². The van der Waals surface area contributed by atoms with E-state index in [4.69, 9.17) is 5.73 Å². The van der Waals surface area contributed by atoms with Gasteiger partial charge in [0, 0.05) is 22.5 Å². The molecule has 0 fully saturated rings. The van der Waals surface area contributed by atoms with Crippen molar-refractivity contribution >= 4 is 16.7 Å². The van der Waals surface area contributed by atoms with Gasteiger partial charge in [0.05, 0.1) is 0 Å². The van der Waals surface area contributed by atoms with E-state index in [9.17, 15) is 0 Å². The third kappa shape index (κ3) is 3.80. The molecule has 15 heavy (non-hydrogen) atoms. The number of hydrogen-bond donors (Lipinski definition) is 1. The molecule has 0 atom stereocenters. The first-order chi connectivity index (χ1) is 7.13. The maximum absolute atomic E-state index is 5.56. The first-order valence-corrected chi connectivity index (χ1v) is 5.74. The van der Waals surface area contributed by atoms with Gasteiger partial charge in [0.1, 0.15) is 0 Å². The highest BCUT2D eigenvalue weighted by molar-refractivity contribution is 8.10. The monoisotopic (exact) mass is 220 g/mol. The van der Waals surface area contributed by atoms with Gasteiger partial charge in [-0.3, -0.25) is 4.98 Å². The number of nitrogens with zero attached hydrogens (tertiary/aromatic N) is 1. The fourth-order valence-corrected chi connectivity index (χ4v) is 1.67. The van der Waals surface area contributed by atoms with E-state index in [0.717, 1.165) is 28.3 Å². The number of nitrogens with two attached hydrogens (primary N) is 1. The van der Waals surface area contributed by atoms with Crippen LogP contribution in [0.1, 0.15) is 25.1 Å². The summed E-state index contributed by atoms with van der Waals surface area (Å²) in [6.07, 6.45) is 2.76. The molecular formula is C12H16N2S. The third-order valence-corrected chi connectivity index (χ3v) is 2.90. The Morgan fingerprint density at radius 3 is 3.00 bits per heavy atom. The molecule has 0 bridgehead atoms. The summed E-state index contributed by atoms with van der Waals surface area (Å²) in [6.45, 7) is 7.96. The summed E-state index contributed by atoms with van der Waals surface area (Å²) in [6, 6.07) is 4.03. The van der Waals surface area contributed by atoms with Gasteiger partial charge >= 0.3 is 0 Å². The molecule has 1 aromatic heterocycles. The van der Waals surface area contributed by atoms with Gasteiger partial charge in [0.25, 0.3) is 0 Å². The minimum atomic E-state index is 0.797. The second-order valence-electron chi connectivity index (χ2n) is 3.29. The molecule has 0 saturated heterocycles. The number of hydrogen-bond acceptors (Lipinski definition) is 3. The normalized spacial score (nSPS) is 11.5. The van der Waals surface area contributed by atoms with Crippen molar-refractivity contribution < 1.29 is 0 Å². The minimum Gasteiger partial charge on any atom is -0.402 e. The van der Waals surface area contributed by atoms with Crippen LogP contribution in [0.3, 0.4) is 0 Å². The van der Waals surface area contributed by atoms with Crippen LogP contribution in [0.4, 0.5) is 0 Å². The fourth-order valence-electron chi connectivity index (χ4n) is 1.08. The highest BCUT2D eigenvalue weighted by Gasteiger charge is 1.99. The van der Waals surface area contributed by atoms with E-state index in [1.165, 1.54) is 0 Å². The van der Waals surface area contributed by atoms with Crippen LogP contribution in [0.25, 0.3) is 4.91 Å². The van der Waals surface area contributed by atoms with E-state index in [1.807, 2.05) is 24.6 Å². The van der Waals surface area contributed by atoms with E-state index in [1.54, 1.807) is 11.8 Å². The molecule has 0 aliphatic carbocycles. The average Bonchev–Trinajstić information content (AvgIpc) is 2.26. The van der Waals surface area contributed by atoms with E-state index in [2.05, 4.69) is 24.6 Å². The molecule has 2 nitrogen and oxygen atoms in total. The first kappa shape index (κ1) is 11.9. The van der Waals surface area contributed by atoms with E-state index in [0.29, 0.717) is 0 Å². The Morgan fingerprint density at radius 1 is 1.67 bits per heavy atom. The van der Waals surface area contributed by atoms with Crippen molar-refractivity contribution in [2.24, 2.45) is 5.73 Å². The van der Waals surface area contributed by atoms with Crippen LogP contribution in [-0.2, 0) is 6.42 Å². The lowest BCUT2D eigenvalue weighted by Crippen LogP contribution is -1.89. The zero-order valence-electron chi connectivity index (χ0n) is 9.16. The fraction of sp³-hybridized carbons (Fsp3) is 0.250. The molecule has 0 aliphatic rings. The second-order valence-corrected chi connectivity index (χ2v) is 4.26. The largest absolute Gasteiger partial charge is 0.402 e. The summed E-state index contributed by atoms with van der Waals surface area (Å²) in [5.74, 6) is 0. The molecule has 2 N–H and O–H groups in total. The second kappa shape index (κ2) is 5.61. The average molecular weight is 220 g/mol. The molecular weight excluding hydrogens is 204 g/mol. The summed E-state index contributed by atoms with van der Waals surface area (Å²) in [5, 5.41) is 1.90. The number of allylic oxidation sites excluding steroid dienone is 1. The quantitative estimate of drug-likeness (QED) is 0.847. The lowest BCUT2D eigenvalue weighted by molar-refractivity contribution is 1.03. The predicted octanol–water partition coefficient (Wildman–Crippen LogP) is 3.17. The van der Waals surface area contributed by atoms with Crippen molar-refractivity contribution in [3.8, 4) is 0 Å². The van der Waals surface area contributed by atoms with E-state index >= 15 is 0 Å². The third-order valence-electron chi connectivity index (χ3n) is 1.89.